The van der Waals surface area contributed by atoms with Gasteiger partial charge in [-0.05, 0) is 24.9 Å². The van der Waals surface area contributed by atoms with Crippen LogP contribution in [0, 0.1) is 0 Å². The molecule has 0 aliphatic carbocycles. The number of benzene rings is 1. The average molecular weight is 295 g/mol. The summed E-state index contributed by atoms with van der Waals surface area (Å²) < 4.78 is 0. The fourth-order valence-electron chi connectivity index (χ4n) is 1.94. The van der Waals surface area contributed by atoms with E-state index in [9.17, 15) is 9.90 Å². The van der Waals surface area contributed by atoms with Crippen molar-refractivity contribution < 1.29 is 9.90 Å². The second-order valence-electron chi connectivity index (χ2n) is 5.03. The van der Waals surface area contributed by atoms with E-state index in [0.717, 1.165) is 18.4 Å². The maximum absolute atomic E-state index is 12.0. The van der Waals surface area contributed by atoms with Crippen LogP contribution in [0.4, 0.5) is 0 Å². The van der Waals surface area contributed by atoms with Crippen LogP contribution in [-0.2, 0) is 10.3 Å². The Morgan fingerprint density at radius 2 is 2.00 bits per heavy atom. The Morgan fingerprint density at radius 1 is 1.35 bits per heavy atom. The Balaban J connectivity index is 3.04. The smallest absolute Gasteiger partial charge is 0.329 e. The zero-order chi connectivity index (χ0) is 15.0. The van der Waals surface area contributed by atoms with Gasteiger partial charge in [0.25, 0.3) is 0 Å². The summed E-state index contributed by atoms with van der Waals surface area (Å²) in [5.74, 6) is -0.255. The van der Waals surface area contributed by atoms with Crippen LogP contribution >= 0.6 is 11.8 Å². The lowest BCUT2D eigenvalue weighted by molar-refractivity contribution is -0.144. The molecule has 1 aromatic rings. The summed E-state index contributed by atoms with van der Waals surface area (Å²) in [7, 11) is 0. The molecular formula is C16H25NO2S. The molecule has 0 fully saturated rings. The van der Waals surface area contributed by atoms with Gasteiger partial charge in [0.2, 0.25) is 0 Å². The van der Waals surface area contributed by atoms with Crippen molar-refractivity contribution in [3.05, 3.63) is 35.9 Å². The minimum absolute atomic E-state index is 0.459. The van der Waals surface area contributed by atoms with E-state index in [0.29, 0.717) is 17.5 Å². The molecular weight excluding hydrogens is 270 g/mol. The zero-order valence-corrected chi connectivity index (χ0v) is 13.4. The van der Waals surface area contributed by atoms with Crippen molar-refractivity contribution in [3.8, 4) is 0 Å². The fraction of sp³-hybridized carbons (Fsp3) is 0.562. The largest absolute Gasteiger partial charge is 0.480 e. The summed E-state index contributed by atoms with van der Waals surface area (Å²) in [6, 6.07) is 9.50. The highest BCUT2D eigenvalue weighted by atomic mass is 32.2. The summed E-state index contributed by atoms with van der Waals surface area (Å²) in [5, 5.41) is 13.5. The molecule has 112 valence electrons. The Morgan fingerprint density at radius 3 is 2.50 bits per heavy atom. The van der Waals surface area contributed by atoms with Crippen LogP contribution in [0.5, 0.6) is 0 Å². The topological polar surface area (TPSA) is 49.3 Å². The molecule has 0 bridgehead atoms. The first-order chi connectivity index (χ1) is 9.56. The van der Waals surface area contributed by atoms with Gasteiger partial charge in [-0.1, -0.05) is 51.1 Å². The van der Waals surface area contributed by atoms with E-state index in [1.165, 1.54) is 0 Å². The van der Waals surface area contributed by atoms with E-state index < -0.39 is 11.5 Å². The van der Waals surface area contributed by atoms with Crippen LogP contribution in [0.3, 0.4) is 0 Å². The van der Waals surface area contributed by atoms with E-state index in [1.807, 2.05) is 37.3 Å². The number of nitrogens with one attached hydrogen (secondary N) is 1. The lowest BCUT2D eigenvalue weighted by Crippen LogP contribution is -2.52. The normalized spacial score (nSPS) is 15.6. The Bertz CT molecular complexity index is 410. The maximum atomic E-state index is 12.0. The molecule has 0 saturated carbocycles. The van der Waals surface area contributed by atoms with E-state index in [-0.39, 0.29) is 0 Å². The predicted molar refractivity (Wildman–Crippen MR) is 86.3 cm³/mol. The molecule has 1 rings (SSSR count). The number of aliphatic carboxylic acids is 1. The minimum Gasteiger partial charge on any atom is -0.480 e. The maximum Gasteiger partial charge on any atom is 0.329 e. The van der Waals surface area contributed by atoms with Crippen LogP contribution in [0.2, 0.25) is 0 Å². The summed E-state index contributed by atoms with van der Waals surface area (Å²) in [4.78, 5) is 12.0. The number of hydrogen-bond acceptors (Lipinski definition) is 3. The third-order valence-electron chi connectivity index (χ3n) is 3.47. The van der Waals surface area contributed by atoms with Gasteiger partial charge in [0, 0.05) is 11.0 Å². The van der Waals surface area contributed by atoms with Crippen LogP contribution in [-0.4, -0.2) is 28.6 Å². The Labute approximate surface area is 126 Å². The first-order valence-electron chi connectivity index (χ1n) is 7.22. The molecule has 0 saturated heterocycles. The quantitative estimate of drug-likeness (QED) is 0.732. The van der Waals surface area contributed by atoms with Crippen LogP contribution in [0.1, 0.15) is 39.2 Å². The molecule has 0 aliphatic heterocycles. The van der Waals surface area contributed by atoms with Gasteiger partial charge in [-0.15, -0.1) is 0 Å². The van der Waals surface area contributed by atoms with Crippen molar-refractivity contribution in [1.29, 1.82) is 0 Å². The van der Waals surface area contributed by atoms with Crippen LogP contribution in [0.25, 0.3) is 0 Å². The standard InChI is InChI=1S/C16H25NO2S/c1-4-11-17-16(15(18)19,12-20-13(3)5-2)14-9-7-6-8-10-14/h6-10,13,17H,4-5,11-12H2,1-3H3,(H,18,19). The first-order valence-corrected chi connectivity index (χ1v) is 8.27. The SMILES string of the molecule is CCCNC(CSC(C)CC)(C(=O)O)c1ccccc1. The van der Waals surface area contributed by atoms with Crippen molar-refractivity contribution in [1.82, 2.24) is 5.32 Å². The molecule has 0 heterocycles. The van der Waals surface area contributed by atoms with Gasteiger partial charge in [0.05, 0.1) is 0 Å². The van der Waals surface area contributed by atoms with Gasteiger partial charge in [-0.3, -0.25) is 5.32 Å². The molecule has 0 spiro atoms. The van der Waals surface area contributed by atoms with Crippen molar-refractivity contribution in [3.63, 3.8) is 0 Å². The highest BCUT2D eigenvalue weighted by Gasteiger charge is 2.39. The Kier molecular flexibility index (Phi) is 7.10. The van der Waals surface area contributed by atoms with Gasteiger partial charge in [0.15, 0.2) is 5.54 Å². The fourth-order valence-corrected chi connectivity index (χ4v) is 3.11. The minimum atomic E-state index is -0.995. The van der Waals surface area contributed by atoms with Crippen molar-refractivity contribution in [2.75, 3.05) is 12.3 Å². The number of carboxylic acids is 1. The lowest BCUT2D eigenvalue weighted by Gasteiger charge is -2.32. The third kappa shape index (κ3) is 4.25. The van der Waals surface area contributed by atoms with Crippen LogP contribution in [0.15, 0.2) is 30.3 Å². The third-order valence-corrected chi connectivity index (χ3v) is 4.97. The van der Waals surface area contributed by atoms with Crippen molar-refractivity contribution in [2.45, 2.75) is 44.4 Å². The highest BCUT2D eigenvalue weighted by molar-refractivity contribution is 7.99. The molecule has 2 N–H and O–H groups in total. The number of carbonyl (C=O) groups is 1. The van der Waals surface area contributed by atoms with E-state index >= 15 is 0 Å². The Hall–Kier alpha value is -1.00. The first kappa shape index (κ1) is 17.1. The van der Waals surface area contributed by atoms with Crippen molar-refractivity contribution in [2.24, 2.45) is 0 Å². The van der Waals surface area contributed by atoms with E-state index in [4.69, 9.17) is 0 Å². The van der Waals surface area contributed by atoms with E-state index in [1.54, 1.807) is 11.8 Å². The number of carboxylic acid groups (broad SMARTS) is 1. The molecule has 1 aromatic carbocycles. The number of hydrogen-bond donors (Lipinski definition) is 2. The lowest BCUT2D eigenvalue weighted by atomic mass is 9.91. The summed E-state index contributed by atoms with van der Waals surface area (Å²) >= 11 is 1.71. The number of thioether (sulfide) groups is 1. The summed E-state index contributed by atoms with van der Waals surface area (Å²) in [6.45, 7) is 7.01. The average Bonchev–Trinajstić information content (AvgIpc) is 2.48. The van der Waals surface area contributed by atoms with Gasteiger partial charge >= 0.3 is 5.97 Å². The second-order valence-corrected chi connectivity index (χ2v) is 6.46. The highest BCUT2D eigenvalue weighted by Crippen LogP contribution is 2.29. The van der Waals surface area contributed by atoms with E-state index in [2.05, 4.69) is 19.2 Å². The molecule has 3 nitrogen and oxygen atoms in total. The second kappa shape index (κ2) is 8.32. The number of rotatable bonds is 9. The molecule has 0 aliphatic rings. The molecule has 2 atom stereocenters. The van der Waals surface area contributed by atoms with Crippen LogP contribution < -0.4 is 5.32 Å². The monoisotopic (exact) mass is 295 g/mol. The molecule has 0 radical (unpaired) electrons. The zero-order valence-electron chi connectivity index (χ0n) is 12.6. The van der Waals surface area contributed by atoms with Gasteiger partial charge < -0.3 is 5.11 Å². The van der Waals surface area contributed by atoms with Crippen molar-refractivity contribution >= 4 is 17.7 Å². The summed E-state index contributed by atoms with van der Waals surface area (Å²) in [5.41, 5.74) is -0.164. The van der Waals surface area contributed by atoms with Gasteiger partial charge in [-0.2, -0.15) is 11.8 Å². The summed E-state index contributed by atoms with van der Waals surface area (Å²) in [6.07, 6.45) is 1.96. The molecule has 0 amide bonds. The van der Waals surface area contributed by atoms with Gasteiger partial charge in [-0.25, -0.2) is 4.79 Å². The molecule has 20 heavy (non-hydrogen) atoms. The predicted octanol–water partition coefficient (Wildman–Crippen LogP) is 3.50. The molecule has 4 heteroatoms. The molecule has 2 unspecified atom stereocenters. The van der Waals surface area contributed by atoms with Gasteiger partial charge in [0.1, 0.15) is 0 Å². The molecule has 0 aromatic heterocycles.